The molecule has 0 atom stereocenters. The van der Waals surface area contributed by atoms with E-state index in [0.717, 1.165) is 6.42 Å². The maximum absolute atomic E-state index is 8.12. The highest BCUT2D eigenvalue weighted by Crippen LogP contribution is 1.66. The van der Waals surface area contributed by atoms with Crippen LogP contribution in [-0.4, -0.2) is 6.15 Å². The average molecular weight is 116 g/mol. The molecule has 8 heavy (non-hydrogen) atoms. The summed E-state index contributed by atoms with van der Waals surface area (Å²) in [6, 6.07) is 0. The largest absolute Gasteiger partial charge is 0.373 e. The smallest absolute Gasteiger partial charge is 0.186 e. The fourth-order valence-corrected chi connectivity index (χ4v) is 0. The van der Waals surface area contributed by atoms with Crippen molar-refractivity contribution < 1.29 is 9.59 Å². The normalized spacial score (nSPS) is 4.12. The summed E-state index contributed by atoms with van der Waals surface area (Å²) < 4.78 is 0. The molecule has 0 aromatic heterocycles. The molecule has 0 aromatic rings. The molecular formula is C6H12O2. The van der Waals surface area contributed by atoms with Crippen LogP contribution in [0.1, 0.15) is 20.8 Å². The standard InChI is InChI=1S/C4H8.CO2.CH4/c1-3-4-2;2-1-3;/h3H,1,4H2,2H3;;1H4. The van der Waals surface area contributed by atoms with Crippen molar-refractivity contribution in [3.05, 3.63) is 12.7 Å². The Morgan fingerprint density at radius 1 is 1.62 bits per heavy atom. The third-order valence-electron chi connectivity index (χ3n) is 0.289. The quantitative estimate of drug-likeness (QED) is 0.488. The van der Waals surface area contributed by atoms with Gasteiger partial charge in [-0.3, -0.25) is 0 Å². The molecule has 0 N–H and O–H groups in total. The second kappa shape index (κ2) is 35.7. The van der Waals surface area contributed by atoms with Gasteiger partial charge in [0.15, 0.2) is 0 Å². The summed E-state index contributed by atoms with van der Waals surface area (Å²) in [5, 5.41) is 0. The molecule has 0 aromatic carbocycles. The number of rotatable bonds is 1. The lowest BCUT2D eigenvalue weighted by molar-refractivity contribution is -0.191. The second-order valence-electron chi connectivity index (χ2n) is 0.780. The molecule has 48 valence electrons. The van der Waals surface area contributed by atoms with Gasteiger partial charge >= 0.3 is 6.15 Å². The van der Waals surface area contributed by atoms with Crippen molar-refractivity contribution in [2.24, 2.45) is 0 Å². The highest BCUT2D eigenvalue weighted by Gasteiger charge is 1.45. The molecule has 0 amide bonds. The van der Waals surface area contributed by atoms with Gasteiger partial charge in [0.05, 0.1) is 0 Å². The van der Waals surface area contributed by atoms with Gasteiger partial charge in [0.1, 0.15) is 0 Å². The molecule has 0 unspecified atom stereocenters. The van der Waals surface area contributed by atoms with Crippen molar-refractivity contribution in [3.63, 3.8) is 0 Å². The van der Waals surface area contributed by atoms with E-state index in [4.69, 9.17) is 9.59 Å². The molecule has 0 saturated heterocycles. The molecule has 2 heteroatoms. The van der Waals surface area contributed by atoms with E-state index in [-0.39, 0.29) is 13.6 Å². The van der Waals surface area contributed by atoms with Crippen LogP contribution in [0.25, 0.3) is 0 Å². The topological polar surface area (TPSA) is 34.1 Å². The molecule has 2 nitrogen and oxygen atoms in total. The van der Waals surface area contributed by atoms with E-state index in [1.165, 1.54) is 0 Å². The molecular weight excluding hydrogens is 104 g/mol. The van der Waals surface area contributed by atoms with Crippen LogP contribution in [0.5, 0.6) is 0 Å². The summed E-state index contributed by atoms with van der Waals surface area (Å²) in [4.78, 5) is 16.2. The zero-order chi connectivity index (χ0) is 6.12. The van der Waals surface area contributed by atoms with Gasteiger partial charge in [0.25, 0.3) is 0 Å². The number of hydrogen-bond donors (Lipinski definition) is 0. The van der Waals surface area contributed by atoms with E-state index < -0.39 is 0 Å². The van der Waals surface area contributed by atoms with Crippen molar-refractivity contribution in [2.45, 2.75) is 20.8 Å². The monoisotopic (exact) mass is 116 g/mol. The lowest BCUT2D eigenvalue weighted by Crippen LogP contribution is -1.36. The molecule has 0 aliphatic carbocycles. The van der Waals surface area contributed by atoms with Crippen LogP contribution >= 0.6 is 0 Å². The number of carbonyl (C=O) groups excluding carboxylic acids is 2. The number of allylic oxidation sites excluding steroid dienone is 1. The molecule has 0 radical (unpaired) electrons. The van der Waals surface area contributed by atoms with E-state index in [2.05, 4.69) is 13.5 Å². The van der Waals surface area contributed by atoms with Gasteiger partial charge < -0.3 is 0 Å². The maximum Gasteiger partial charge on any atom is 0.373 e. The Hall–Kier alpha value is -0.880. The third kappa shape index (κ3) is 6040. The van der Waals surface area contributed by atoms with Crippen molar-refractivity contribution >= 4 is 6.15 Å². The van der Waals surface area contributed by atoms with Crippen LogP contribution in [0.3, 0.4) is 0 Å². The first-order valence-electron chi connectivity index (χ1n) is 1.93. The van der Waals surface area contributed by atoms with Gasteiger partial charge in [-0.05, 0) is 6.42 Å². The lowest BCUT2D eigenvalue weighted by Gasteiger charge is -1.57. The minimum atomic E-state index is 0. The Labute approximate surface area is 50.2 Å². The van der Waals surface area contributed by atoms with E-state index in [9.17, 15) is 0 Å². The summed E-state index contributed by atoms with van der Waals surface area (Å²) in [7, 11) is 0. The molecule has 0 heterocycles. The van der Waals surface area contributed by atoms with Crippen molar-refractivity contribution in [1.82, 2.24) is 0 Å². The Balaban J connectivity index is -0.0000000575. The molecule has 0 fully saturated rings. The Morgan fingerprint density at radius 2 is 1.75 bits per heavy atom. The van der Waals surface area contributed by atoms with E-state index in [1.54, 1.807) is 0 Å². The first kappa shape index (κ1) is 15.7. The Bertz CT molecular complexity index is 60.9. The van der Waals surface area contributed by atoms with E-state index >= 15 is 0 Å². The Kier molecular flexibility index (Phi) is 70.1. The highest BCUT2D eigenvalue weighted by molar-refractivity contribution is 5.20. The van der Waals surface area contributed by atoms with E-state index in [1.807, 2.05) is 6.08 Å². The van der Waals surface area contributed by atoms with E-state index in [0.29, 0.717) is 0 Å². The maximum atomic E-state index is 8.12. The number of hydrogen-bond acceptors (Lipinski definition) is 2. The van der Waals surface area contributed by atoms with Crippen LogP contribution in [0, 0.1) is 0 Å². The Morgan fingerprint density at radius 3 is 1.75 bits per heavy atom. The van der Waals surface area contributed by atoms with Gasteiger partial charge in [-0.1, -0.05) is 20.4 Å². The van der Waals surface area contributed by atoms with Gasteiger partial charge in [-0.15, -0.1) is 6.58 Å². The zero-order valence-electron chi connectivity index (χ0n) is 4.31. The van der Waals surface area contributed by atoms with Crippen LogP contribution in [-0.2, 0) is 9.59 Å². The first-order chi connectivity index (χ1) is 3.33. The minimum absolute atomic E-state index is 0. The summed E-state index contributed by atoms with van der Waals surface area (Å²) in [5.74, 6) is 0. The van der Waals surface area contributed by atoms with Crippen molar-refractivity contribution in [2.75, 3.05) is 0 Å². The predicted octanol–water partition coefficient (Wildman–Crippen LogP) is 1.64. The first-order valence-corrected chi connectivity index (χ1v) is 1.93. The summed E-state index contributed by atoms with van der Waals surface area (Å²) >= 11 is 0. The molecule has 0 bridgehead atoms. The highest BCUT2D eigenvalue weighted by atomic mass is 16.2. The van der Waals surface area contributed by atoms with Crippen molar-refractivity contribution in [1.29, 1.82) is 0 Å². The molecule has 0 spiro atoms. The molecule has 0 saturated carbocycles. The summed E-state index contributed by atoms with van der Waals surface area (Å²) in [5.41, 5.74) is 0. The summed E-state index contributed by atoms with van der Waals surface area (Å²) in [6.45, 7) is 5.54. The zero-order valence-corrected chi connectivity index (χ0v) is 4.31. The summed E-state index contributed by atoms with van der Waals surface area (Å²) in [6.07, 6.45) is 3.21. The van der Waals surface area contributed by atoms with Crippen LogP contribution in [0.4, 0.5) is 0 Å². The third-order valence-corrected chi connectivity index (χ3v) is 0.289. The van der Waals surface area contributed by atoms with Crippen molar-refractivity contribution in [3.8, 4) is 0 Å². The van der Waals surface area contributed by atoms with Crippen LogP contribution in [0.2, 0.25) is 0 Å². The lowest BCUT2D eigenvalue weighted by atomic mass is 10.5. The van der Waals surface area contributed by atoms with Gasteiger partial charge in [-0.25, -0.2) is 0 Å². The van der Waals surface area contributed by atoms with Gasteiger partial charge in [-0.2, -0.15) is 9.59 Å². The molecule has 0 aliphatic rings. The fourth-order valence-electron chi connectivity index (χ4n) is 0. The molecule has 0 aliphatic heterocycles. The van der Waals surface area contributed by atoms with Gasteiger partial charge in [0, 0.05) is 0 Å². The predicted molar refractivity (Wildman–Crippen MR) is 32.2 cm³/mol. The fraction of sp³-hybridized carbons (Fsp3) is 0.500. The second-order valence-corrected chi connectivity index (χ2v) is 0.780. The van der Waals surface area contributed by atoms with Crippen LogP contribution < -0.4 is 0 Å². The minimum Gasteiger partial charge on any atom is -0.186 e. The van der Waals surface area contributed by atoms with Gasteiger partial charge in [0.2, 0.25) is 0 Å². The molecule has 0 rings (SSSR count). The average Bonchev–Trinajstić information content (AvgIpc) is 1.69. The van der Waals surface area contributed by atoms with Crippen LogP contribution in [0.15, 0.2) is 12.7 Å². The SMILES string of the molecule is C.C=CCC.O=C=O.